The van der Waals surface area contributed by atoms with Gasteiger partial charge in [0.2, 0.25) is 5.91 Å². The molecule has 0 fully saturated rings. The van der Waals surface area contributed by atoms with Crippen molar-refractivity contribution in [2.24, 2.45) is 0 Å². The van der Waals surface area contributed by atoms with Crippen molar-refractivity contribution in [3.63, 3.8) is 0 Å². The molecule has 0 aromatic heterocycles. The number of thioether (sulfide) groups is 1. The van der Waals surface area contributed by atoms with Crippen molar-refractivity contribution >= 4 is 23.4 Å². The van der Waals surface area contributed by atoms with Crippen LogP contribution in [0.25, 0.3) is 0 Å². The van der Waals surface area contributed by atoms with E-state index in [1.165, 1.54) is 37.5 Å². The van der Waals surface area contributed by atoms with Gasteiger partial charge in [-0.1, -0.05) is 13.8 Å². The molecule has 1 atom stereocenters. The van der Waals surface area contributed by atoms with Crippen LogP contribution in [0, 0.1) is 0 Å². The summed E-state index contributed by atoms with van der Waals surface area (Å²) in [7, 11) is 0. The molecular formula is C17H28N2OS. The minimum atomic E-state index is -0.0272. The molecule has 0 aliphatic heterocycles. The van der Waals surface area contributed by atoms with E-state index < -0.39 is 0 Å². The van der Waals surface area contributed by atoms with E-state index in [9.17, 15) is 4.79 Å². The van der Waals surface area contributed by atoms with E-state index in [-0.39, 0.29) is 5.91 Å². The number of hydrogen-bond donors (Lipinski definition) is 2. The number of carbonyl (C=O) groups excluding carboxylic acids is 1. The van der Waals surface area contributed by atoms with Gasteiger partial charge in [-0.15, -0.1) is 11.8 Å². The lowest BCUT2D eigenvalue weighted by Crippen LogP contribution is -2.29. The molecule has 1 aromatic rings. The first-order valence-electron chi connectivity index (χ1n) is 7.89. The highest BCUT2D eigenvalue weighted by atomic mass is 32.2. The van der Waals surface area contributed by atoms with Gasteiger partial charge in [-0.25, -0.2) is 0 Å². The molecular weight excluding hydrogens is 280 g/mol. The van der Waals surface area contributed by atoms with Gasteiger partial charge in [0.1, 0.15) is 0 Å². The summed E-state index contributed by atoms with van der Waals surface area (Å²) in [5.74, 6) is 1.12. The highest BCUT2D eigenvalue weighted by Crippen LogP contribution is 2.22. The van der Waals surface area contributed by atoms with Crippen LogP contribution in [0.5, 0.6) is 0 Å². The summed E-state index contributed by atoms with van der Waals surface area (Å²) in [5.41, 5.74) is 0.863. The van der Waals surface area contributed by atoms with Crippen molar-refractivity contribution in [3.05, 3.63) is 24.3 Å². The van der Waals surface area contributed by atoms with E-state index in [1.807, 2.05) is 23.9 Å². The lowest BCUT2D eigenvalue weighted by molar-refractivity contribution is -0.114. The molecule has 0 radical (unpaired) electrons. The van der Waals surface area contributed by atoms with E-state index in [0.29, 0.717) is 6.04 Å². The molecule has 2 N–H and O–H groups in total. The normalized spacial score (nSPS) is 12.1. The number of benzene rings is 1. The molecule has 0 heterocycles. The second kappa shape index (κ2) is 10.7. The third-order valence-electron chi connectivity index (χ3n) is 3.32. The summed E-state index contributed by atoms with van der Waals surface area (Å²) >= 11 is 1.88. The van der Waals surface area contributed by atoms with E-state index >= 15 is 0 Å². The number of hydrogen-bond acceptors (Lipinski definition) is 3. The number of anilines is 1. The zero-order valence-electron chi connectivity index (χ0n) is 13.4. The van der Waals surface area contributed by atoms with Crippen LogP contribution in [-0.4, -0.2) is 24.2 Å². The predicted octanol–water partition coefficient (Wildman–Crippen LogP) is 4.30. The minimum Gasteiger partial charge on any atom is -0.326 e. The Balaban J connectivity index is 2.24. The summed E-state index contributed by atoms with van der Waals surface area (Å²) in [4.78, 5) is 12.2. The van der Waals surface area contributed by atoms with Crippen molar-refractivity contribution in [1.82, 2.24) is 5.32 Å². The predicted molar refractivity (Wildman–Crippen MR) is 93.1 cm³/mol. The van der Waals surface area contributed by atoms with Gasteiger partial charge in [-0.3, -0.25) is 4.79 Å². The van der Waals surface area contributed by atoms with Gasteiger partial charge >= 0.3 is 0 Å². The van der Waals surface area contributed by atoms with Crippen LogP contribution in [0.1, 0.15) is 46.5 Å². The Morgan fingerprint density at radius 3 is 2.52 bits per heavy atom. The topological polar surface area (TPSA) is 41.1 Å². The standard InChI is InChI=1S/C17H28N2OS/c1-4-12-18-15(5-2)7-6-13-21-17-10-8-16(9-11-17)19-14(3)20/h8-11,15,18H,4-7,12-13H2,1-3H3,(H,19,20). The Bertz CT molecular complexity index is 406. The fourth-order valence-electron chi connectivity index (χ4n) is 2.16. The summed E-state index contributed by atoms with van der Waals surface area (Å²) in [6.07, 6.45) is 4.88. The number of amides is 1. The van der Waals surface area contributed by atoms with Crippen LogP contribution in [0.3, 0.4) is 0 Å². The molecule has 1 rings (SSSR count). The first kappa shape index (κ1) is 18.1. The molecule has 118 valence electrons. The molecule has 0 aliphatic rings. The summed E-state index contributed by atoms with van der Waals surface area (Å²) in [6, 6.07) is 8.72. The lowest BCUT2D eigenvalue weighted by atomic mass is 10.1. The molecule has 4 heteroatoms. The highest BCUT2D eigenvalue weighted by Gasteiger charge is 2.04. The molecule has 1 unspecified atom stereocenters. The average Bonchev–Trinajstić information content (AvgIpc) is 2.47. The van der Waals surface area contributed by atoms with Crippen LogP contribution in [0.4, 0.5) is 5.69 Å². The Morgan fingerprint density at radius 1 is 1.24 bits per heavy atom. The Morgan fingerprint density at radius 2 is 1.95 bits per heavy atom. The Hall–Kier alpha value is -1.00. The zero-order chi connectivity index (χ0) is 15.5. The van der Waals surface area contributed by atoms with Crippen LogP contribution >= 0.6 is 11.8 Å². The van der Waals surface area contributed by atoms with E-state index in [2.05, 4.69) is 36.6 Å². The van der Waals surface area contributed by atoms with Gasteiger partial charge in [0, 0.05) is 23.5 Å². The van der Waals surface area contributed by atoms with E-state index in [4.69, 9.17) is 0 Å². The van der Waals surface area contributed by atoms with Crippen molar-refractivity contribution in [3.8, 4) is 0 Å². The fourth-order valence-corrected chi connectivity index (χ4v) is 3.03. The minimum absolute atomic E-state index is 0.0272. The first-order valence-corrected chi connectivity index (χ1v) is 8.88. The molecule has 0 spiro atoms. The number of nitrogens with one attached hydrogen (secondary N) is 2. The molecule has 0 aliphatic carbocycles. The molecule has 0 saturated carbocycles. The van der Waals surface area contributed by atoms with Crippen LogP contribution in [0.2, 0.25) is 0 Å². The van der Waals surface area contributed by atoms with Crippen LogP contribution in [0.15, 0.2) is 29.2 Å². The van der Waals surface area contributed by atoms with Crippen molar-refractivity contribution < 1.29 is 4.79 Å². The number of rotatable bonds is 10. The highest BCUT2D eigenvalue weighted by molar-refractivity contribution is 7.99. The lowest BCUT2D eigenvalue weighted by Gasteiger charge is -2.16. The van der Waals surface area contributed by atoms with Crippen molar-refractivity contribution in [2.45, 2.75) is 57.4 Å². The second-order valence-electron chi connectivity index (χ2n) is 5.26. The SMILES string of the molecule is CCCNC(CC)CCCSc1ccc(NC(C)=O)cc1. The Kier molecular flexibility index (Phi) is 9.19. The van der Waals surface area contributed by atoms with Crippen molar-refractivity contribution in [1.29, 1.82) is 0 Å². The maximum Gasteiger partial charge on any atom is 0.221 e. The third kappa shape index (κ3) is 8.12. The van der Waals surface area contributed by atoms with Gasteiger partial charge in [-0.2, -0.15) is 0 Å². The van der Waals surface area contributed by atoms with Gasteiger partial charge < -0.3 is 10.6 Å². The van der Waals surface area contributed by atoms with Gasteiger partial charge in [0.15, 0.2) is 0 Å². The largest absolute Gasteiger partial charge is 0.326 e. The average molecular weight is 308 g/mol. The molecule has 0 saturated heterocycles. The third-order valence-corrected chi connectivity index (χ3v) is 4.41. The first-order chi connectivity index (χ1) is 10.2. The molecule has 1 amide bonds. The maximum absolute atomic E-state index is 11.0. The van der Waals surface area contributed by atoms with Crippen molar-refractivity contribution in [2.75, 3.05) is 17.6 Å². The quantitative estimate of drug-likeness (QED) is 0.500. The van der Waals surface area contributed by atoms with E-state index in [1.54, 1.807) is 0 Å². The van der Waals surface area contributed by atoms with Gasteiger partial charge in [-0.05, 0) is 62.2 Å². The summed E-state index contributed by atoms with van der Waals surface area (Å²) < 4.78 is 0. The fraction of sp³-hybridized carbons (Fsp3) is 0.588. The van der Waals surface area contributed by atoms with E-state index in [0.717, 1.165) is 18.0 Å². The zero-order valence-corrected chi connectivity index (χ0v) is 14.3. The number of carbonyl (C=O) groups is 1. The molecule has 0 bridgehead atoms. The second-order valence-corrected chi connectivity index (χ2v) is 6.42. The van der Waals surface area contributed by atoms with Crippen LogP contribution < -0.4 is 10.6 Å². The Labute approximate surface area is 133 Å². The van der Waals surface area contributed by atoms with Gasteiger partial charge in [0.25, 0.3) is 0 Å². The smallest absolute Gasteiger partial charge is 0.221 e. The molecule has 21 heavy (non-hydrogen) atoms. The summed E-state index contributed by atoms with van der Waals surface area (Å²) in [5, 5.41) is 6.38. The van der Waals surface area contributed by atoms with Crippen LogP contribution in [-0.2, 0) is 4.79 Å². The summed E-state index contributed by atoms with van der Waals surface area (Å²) in [6.45, 7) is 7.11. The monoisotopic (exact) mass is 308 g/mol. The van der Waals surface area contributed by atoms with Gasteiger partial charge in [0.05, 0.1) is 0 Å². The maximum atomic E-state index is 11.0. The molecule has 3 nitrogen and oxygen atoms in total. The molecule has 1 aromatic carbocycles.